The van der Waals surface area contributed by atoms with Crippen molar-refractivity contribution < 1.29 is 14.5 Å². The van der Waals surface area contributed by atoms with E-state index >= 15 is 0 Å². The van der Waals surface area contributed by atoms with Gasteiger partial charge in [0.1, 0.15) is 5.75 Å². The topological polar surface area (TPSA) is 93.5 Å². The summed E-state index contributed by atoms with van der Waals surface area (Å²) in [4.78, 5) is 23.3. The molecule has 0 fully saturated rings. The van der Waals surface area contributed by atoms with Crippen LogP contribution in [-0.2, 0) is 4.79 Å². The summed E-state index contributed by atoms with van der Waals surface area (Å²) in [5, 5.41) is 17.6. The predicted octanol–water partition coefficient (Wildman–Crippen LogP) is 3.12. The minimum atomic E-state index is -0.679. The zero-order chi connectivity index (χ0) is 19.6. The molecule has 1 aliphatic rings. The lowest BCUT2D eigenvalue weighted by Gasteiger charge is -2.31. The van der Waals surface area contributed by atoms with E-state index in [1.165, 1.54) is 32.2 Å². The van der Waals surface area contributed by atoms with Crippen molar-refractivity contribution in [3.8, 4) is 5.75 Å². The number of nitrogens with zero attached hydrogens (tertiary/aromatic N) is 1. The highest BCUT2D eigenvalue weighted by atomic mass is 32.1. The van der Waals surface area contributed by atoms with Crippen LogP contribution in [0.2, 0.25) is 0 Å². The maximum Gasteiger partial charge on any atom is 0.270 e. The first kappa shape index (κ1) is 18.5. The van der Waals surface area contributed by atoms with E-state index in [-0.39, 0.29) is 11.5 Å². The Morgan fingerprint density at radius 3 is 2.52 bits per heavy atom. The van der Waals surface area contributed by atoms with Gasteiger partial charge in [-0.25, -0.2) is 0 Å². The van der Waals surface area contributed by atoms with Crippen molar-refractivity contribution in [2.45, 2.75) is 13.0 Å². The third-order valence-corrected chi connectivity index (χ3v) is 4.47. The Labute approximate surface area is 161 Å². The van der Waals surface area contributed by atoms with Crippen LogP contribution in [-0.4, -0.2) is 22.9 Å². The molecule has 27 heavy (non-hydrogen) atoms. The van der Waals surface area contributed by atoms with E-state index in [1.54, 1.807) is 0 Å². The highest BCUT2D eigenvalue weighted by molar-refractivity contribution is 7.80. The Morgan fingerprint density at radius 1 is 1.22 bits per heavy atom. The van der Waals surface area contributed by atoms with E-state index in [4.69, 9.17) is 17.0 Å². The van der Waals surface area contributed by atoms with Gasteiger partial charge in [-0.3, -0.25) is 14.9 Å². The molecule has 0 radical (unpaired) electrons. The van der Waals surface area contributed by atoms with Crippen LogP contribution in [0.4, 0.5) is 5.69 Å². The number of carbonyl (C=O) groups is 1. The Morgan fingerprint density at radius 2 is 1.93 bits per heavy atom. The van der Waals surface area contributed by atoms with Crippen molar-refractivity contribution >= 4 is 34.5 Å². The molecule has 1 aliphatic heterocycles. The minimum absolute atomic E-state index is 0.0961. The zero-order valence-electron chi connectivity index (χ0n) is 14.7. The molecule has 2 aromatic rings. The van der Waals surface area contributed by atoms with Gasteiger partial charge in [-0.05, 0) is 30.8 Å². The summed E-state index contributed by atoms with van der Waals surface area (Å²) in [6.45, 7) is 1.45. The van der Waals surface area contributed by atoms with Gasteiger partial charge in [0, 0.05) is 23.3 Å². The van der Waals surface area contributed by atoms with Gasteiger partial charge in [0.2, 0.25) is 0 Å². The monoisotopic (exact) mass is 383 g/mol. The number of ketones is 1. The molecule has 0 amide bonds. The van der Waals surface area contributed by atoms with Crippen molar-refractivity contribution in [3.63, 3.8) is 0 Å². The number of nitro benzene ring substituents is 1. The number of carbonyl (C=O) groups excluding carboxylic acids is 1. The number of nitrogens with one attached hydrogen (secondary N) is 2. The fraction of sp³-hybridized carbons (Fsp3) is 0.158. The largest absolute Gasteiger partial charge is 0.496 e. The van der Waals surface area contributed by atoms with Crippen molar-refractivity contribution in [1.82, 2.24) is 10.6 Å². The molecular weight excluding hydrogens is 366 g/mol. The van der Waals surface area contributed by atoms with Crippen molar-refractivity contribution in [3.05, 3.63) is 75.3 Å². The van der Waals surface area contributed by atoms with E-state index in [0.29, 0.717) is 27.7 Å². The van der Waals surface area contributed by atoms with E-state index in [0.717, 1.165) is 5.56 Å². The van der Waals surface area contributed by atoms with Crippen LogP contribution in [0.1, 0.15) is 24.1 Å². The number of nitro groups is 1. The summed E-state index contributed by atoms with van der Waals surface area (Å²) >= 11 is 5.32. The molecule has 1 heterocycles. The summed E-state index contributed by atoms with van der Waals surface area (Å²) in [5.41, 5.74) is 2.16. The number of benzene rings is 2. The van der Waals surface area contributed by atoms with Crippen molar-refractivity contribution in [2.75, 3.05) is 7.11 Å². The summed E-state index contributed by atoms with van der Waals surface area (Å²) in [7, 11) is 1.47. The number of non-ortho nitro benzene ring substituents is 1. The lowest BCUT2D eigenvalue weighted by atomic mass is 9.90. The maximum absolute atomic E-state index is 12.5. The molecule has 3 rings (SSSR count). The zero-order valence-corrected chi connectivity index (χ0v) is 15.5. The molecule has 0 saturated carbocycles. The van der Waals surface area contributed by atoms with Gasteiger partial charge < -0.3 is 15.4 Å². The third-order valence-electron chi connectivity index (χ3n) is 4.25. The molecule has 7 nitrogen and oxygen atoms in total. The second kappa shape index (κ2) is 7.55. The first-order valence-corrected chi connectivity index (χ1v) is 8.53. The quantitative estimate of drug-likeness (QED) is 0.465. The second-order valence-corrected chi connectivity index (χ2v) is 6.33. The average Bonchev–Trinajstić information content (AvgIpc) is 2.67. The van der Waals surface area contributed by atoms with Crippen LogP contribution in [0.15, 0.2) is 54.1 Å². The fourth-order valence-electron chi connectivity index (χ4n) is 3.07. The SMILES string of the molecule is COc1ccc([N+](=O)[O-])cc1C1NC(=S)NC(c2ccccc2)=C1C(C)=O. The average molecular weight is 383 g/mol. The highest BCUT2D eigenvalue weighted by Crippen LogP contribution is 2.37. The van der Waals surface area contributed by atoms with Crippen LogP contribution in [0.25, 0.3) is 5.70 Å². The van der Waals surface area contributed by atoms with Gasteiger partial charge in [-0.2, -0.15) is 0 Å². The van der Waals surface area contributed by atoms with Gasteiger partial charge >= 0.3 is 0 Å². The molecule has 138 valence electrons. The molecule has 0 spiro atoms. The smallest absolute Gasteiger partial charge is 0.270 e. The van der Waals surface area contributed by atoms with E-state index in [2.05, 4.69) is 10.6 Å². The molecule has 1 atom stereocenters. The fourth-order valence-corrected chi connectivity index (χ4v) is 3.29. The molecule has 0 saturated heterocycles. The van der Waals surface area contributed by atoms with Crippen LogP contribution >= 0.6 is 12.2 Å². The Bertz CT molecular complexity index is 957. The molecular formula is C19H17N3O4S. The lowest BCUT2D eigenvalue weighted by Crippen LogP contribution is -2.44. The van der Waals surface area contributed by atoms with Gasteiger partial charge in [-0.15, -0.1) is 0 Å². The molecule has 8 heteroatoms. The Balaban J connectivity index is 2.25. The summed E-state index contributed by atoms with van der Waals surface area (Å²) in [6.07, 6.45) is 0. The van der Waals surface area contributed by atoms with Gasteiger partial charge in [0.15, 0.2) is 10.9 Å². The number of thiocarbonyl (C=S) groups is 1. The predicted molar refractivity (Wildman–Crippen MR) is 105 cm³/mol. The number of methoxy groups -OCH3 is 1. The Hall–Kier alpha value is -3.26. The van der Waals surface area contributed by atoms with Crippen LogP contribution in [0, 0.1) is 10.1 Å². The number of Topliss-reactive ketones (excluding diaryl/α,β-unsaturated/α-hetero) is 1. The molecule has 0 bridgehead atoms. The second-order valence-electron chi connectivity index (χ2n) is 5.93. The van der Waals surface area contributed by atoms with E-state index in [9.17, 15) is 14.9 Å². The first-order valence-electron chi connectivity index (χ1n) is 8.12. The number of hydrogen-bond acceptors (Lipinski definition) is 5. The van der Waals surface area contributed by atoms with E-state index in [1.807, 2.05) is 30.3 Å². The highest BCUT2D eigenvalue weighted by Gasteiger charge is 2.32. The van der Waals surface area contributed by atoms with Gasteiger partial charge in [-0.1, -0.05) is 30.3 Å². The van der Waals surface area contributed by atoms with Crippen molar-refractivity contribution in [1.29, 1.82) is 0 Å². The lowest BCUT2D eigenvalue weighted by molar-refractivity contribution is -0.385. The molecule has 2 N–H and O–H groups in total. The summed E-state index contributed by atoms with van der Waals surface area (Å²) in [5.74, 6) is 0.240. The van der Waals surface area contributed by atoms with E-state index < -0.39 is 11.0 Å². The third kappa shape index (κ3) is 3.65. The Kier molecular flexibility index (Phi) is 5.18. The van der Waals surface area contributed by atoms with Crippen LogP contribution in [0.5, 0.6) is 5.75 Å². The van der Waals surface area contributed by atoms with Crippen LogP contribution < -0.4 is 15.4 Å². The number of rotatable bonds is 5. The van der Waals surface area contributed by atoms with Gasteiger partial charge in [0.25, 0.3) is 5.69 Å². The number of ether oxygens (including phenoxy) is 1. The van der Waals surface area contributed by atoms with Crippen molar-refractivity contribution in [2.24, 2.45) is 0 Å². The standard InChI is InChI=1S/C19H17N3O4S/c1-11(23)16-17(12-6-4-3-5-7-12)20-19(27)21-18(16)14-10-13(22(24)25)8-9-15(14)26-2/h3-10,18H,1-2H3,(H2,20,21,27). The molecule has 1 unspecified atom stereocenters. The summed E-state index contributed by atoms with van der Waals surface area (Å²) < 4.78 is 5.38. The number of hydrogen-bond donors (Lipinski definition) is 2. The maximum atomic E-state index is 12.5. The minimum Gasteiger partial charge on any atom is -0.496 e. The molecule has 0 aliphatic carbocycles. The molecule has 0 aromatic heterocycles. The normalized spacial score (nSPS) is 16.4. The van der Waals surface area contributed by atoms with Crippen LogP contribution in [0.3, 0.4) is 0 Å². The molecule has 2 aromatic carbocycles. The summed E-state index contributed by atoms with van der Waals surface area (Å²) in [6, 6.07) is 12.9. The first-order chi connectivity index (χ1) is 12.9. The van der Waals surface area contributed by atoms with Gasteiger partial charge in [0.05, 0.1) is 23.8 Å².